The number of hydrogen-bond acceptors (Lipinski definition) is 5. The van der Waals surface area contributed by atoms with Crippen LogP contribution in [0.25, 0.3) is 11.1 Å². The highest BCUT2D eigenvalue weighted by molar-refractivity contribution is 6.33. The first-order valence-electron chi connectivity index (χ1n) is 11.9. The Balaban J connectivity index is 0.000000243. The number of nitrogens with one attached hydrogen (secondary N) is 1. The first-order chi connectivity index (χ1) is 17.3. The first-order valence-corrected chi connectivity index (χ1v) is 13.0. The Morgan fingerprint density at radius 3 is 2.42 bits per heavy atom. The van der Waals surface area contributed by atoms with Crippen molar-refractivity contribution in [2.75, 3.05) is 19.5 Å². The molecule has 3 N–H and O–H groups in total. The molecule has 0 radical (unpaired) electrons. The lowest BCUT2D eigenvalue weighted by Gasteiger charge is -2.30. The van der Waals surface area contributed by atoms with Crippen LogP contribution in [-0.2, 0) is 4.84 Å². The summed E-state index contributed by atoms with van der Waals surface area (Å²) >= 11 is 10.7. The highest BCUT2D eigenvalue weighted by atomic mass is 35.5. The first kappa shape index (κ1) is 30.0. The SMILES string of the molecule is C/C=C(\C=C/CC(O)O)C1=NOC2(CCNCC2)C1.CCl.Cc1ccc(-c2ccc(F)cc2)c(Cl)c1. The zero-order valence-corrected chi connectivity index (χ0v) is 22.5. The molecule has 0 amide bonds. The maximum atomic E-state index is 12.7. The number of aliphatic hydroxyl groups is 2. The Labute approximate surface area is 223 Å². The summed E-state index contributed by atoms with van der Waals surface area (Å²) in [6.45, 7) is 5.88. The number of aliphatic hydroxyl groups excluding tert-OH is 1. The fourth-order valence-electron chi connectivity index (χ4n) is 3.99. The van der Waals surface area contributed by atoms with E-state index < -0.39 is 6.29 Å². The van der Waals surface area contributed by atoms with Gasteiger partial charge in [0.15, 0.2) is 6.29 Å². The molecule has 0 aliphatic carbocycles. The van der Waals surface area contributed by atoms with Crippen molar-refractivity contribution in [3.63, 3.8) is 0 Å². The van der Waals surface area contributed by atoms with Crippen LogP contribution in [0.2, 0.25) is 5.02 Å². The number of allylic oxidation sites excluding steroid dienone is 3. The molecule has 36 heavy (non-hydrogen) atoms. The molecule has 1 saturated heterocycles. The molecule has 2 heterocycles. The van der Waals surface area contributed by atoms with E-state index in [9.17, 15) is 4.39 Å². The van der Waals surface area contributed by atoms with E-state index in [2.05, 4.69) is 22.1 Å². The molecule has 0 aromatic heterocycles. The van der Waals surface area contributed by atoms with Crippen molar-refractivity contribution in [3.8, 4) is 11.1 Å². The molecular weight excluding hydrogens is 502 g/mol. The van der Waals surface area contributed by atoms with Gasteiger partial charge in [-0.15, -0.1) is 11.6 Å². The molecule has 2 aliphatic heterocycles. The molecule has 0 atom stereocenters. The van der Waals surface area contributed by atoms with Gasteiger partial charge in [0.05, 0.1) is 5.71 Å². The highest BCUT2D eigenvalue weighted by Crippen LogP contribution is 2.34. The van der Waals surface area contributed by atoms with E-state index in [0.29, 0.717) is 5.02 Å². The Bertz CT molecular complexity index is 1050. The van der Waals surface area contributed by atoms with Crippen molar-refractivity contribution in [3.05, 3.63) is 82.7 Å². The Kier molecular flexibility index (Phi) is 12.6. The molecule has 0 bridgehead atoms. The summed E-state index contributed by atoms with van der Waals surface area (Å²) in [6, 6.07) is 12.2. The summed E-state index contributed by atoms with van der Waals surface area (Å²) in [5.74, 6) is -0.234. The lowest BCUT2D eigenvalue weighted by atomic mass is 9.86. The third-order valence-electron chi connectivity index (χ3n) is 5.92. The summed E-state index contributed by atoms with van der Waals surface area (Å²) in [7, 11) is 0. The molecule has 196 valence electrons. The molecule has 8 heteroatoms. The van der Waals surface area contributed by atoms with E-state index >= 15 is 0 Å². The molecule has 2 aromatic carbocycles. The molecule has 0 unspecified atom stereocenters. The summed E-state index contributed by atoms with van der Waals surface area (Å²) < 4.78 is 12.7. The maximum absolute atomic E-state index is 12.7. The number of nitrogens with zero attached hydrogens (tertiary/aromatic N) is 1. The molecule has 2 aliphatic rings. The van der Waals surface area contributed by atoms with Crippen molar-refractivity contribution in [2.24, 2.45) is 5.16 Å². The zero-order chi connectivity index (χ0) is 26.6. The van der Waals surface area contributed by atoms with E-state index in [4.69, 9.17) is 26.7 Å². The number of aryl methyl sites for hydroxylation is 1. The van der Waals surface area contributed by atoms with Gasteiger partial charge in [0, 0.05) is 42.7 Å². The van der Waals surface area contributed by atoms with Gasteiger partial charge in [-0.2, -0.15) is 0 Å². The van der Waals surface area contributed by atoms with Gasteiger partial charge in [-0.1, -0.05) is 59.3 Å². The molecule has 1 fully saturated rings. The largest absolute Gasteiger partial charge is 0.388 e. The molecule has 1 spiro atoms. The number of rotatable bonds is 5. The van der Waals surface area contributed by atoms with Crippen LogP contribution in [0.3, 0.4) is 0 Å². The summed E-state index contributed by atoms with van der Waals surface area (Å²) in [6.07, 6.45) is 8.79. The van der Waals surface area contributed by atoms with Crippen LogP contribution in [0, 0.1) is 12.7 Å². The van der Waals surface area contributed by atoms with Crippen molar-refractivity contribution >= 4 is 28.9 Å². The second-order valence-electron chi connectivity index (χ2n) is 8.59. The van der Waals surface area contributed by atoms with Crippen LogP contribution < -0.4 is 5.32 Å². The number of halogens is 3. The minimum atomic E-state index is -1.30. The van der Waals surface area contributed by atoms with E-state index in [0.717, 1.165) is 60.3 Å². The van der Waals surface area contributed by atoms with E-state index in [1.54, 1.807) is 18.2 Å². The number of hydrogen-bond donors (Lipinski definition) is 3. The van der Waals surface area contributed by atoms with Crippen LogP contribution in [0.4, 0.5) is 4.39 Å². The van der Waals surface area contributed by atoms with Gasteiger partial charge in [-0.05, 0) is 61.8 Å². The van der Waals surface area contributed by atoms with Crippen LogP contribution in [0.5, 0.6) is 0 Å². The topological polar surface area (TPSA) is 74.1 Å². The predicted octanol–water partition coefficient (Wildman–Crippen LogP) is 6.40. The molecule has 0 saturated carbocycles. The maximum Gasteiger partial charge on any atom is 0.154 e. The van der Waals surface area contributed by atoms with Crippen LogP contribution >= 0.6 is 23.2 Å². The minimum absolute atomic E-state index is 0.126. The normalized spacial score (nSPS) is 16.7. The van der Waals surface area contributed by atoms with Crippen LogP contribution in [0.1, 0.15) is 38.2 Å². The van der Waals surface area contributed by atoms with E-state index in [1.165, 1.54) is 18.5 Å². The fraction of sp³-hybridized carbons (Fsp3) is 0.393. The van der Waals surface area contributed by atoms with Gasteiger partial charge in [0.2, 0.25) is 0 Å². The van der Waals surface area contributed by atoms with Gasteiger partial charge >= 0.3 is 0 Å². The van der Waals surface area contributed by atoms with Crippen LogP contribution in [-0.4, -0.2) is 47.3 Å². The average Bonchev–Trinajstić information content (AvgIpc) is 3.27. The predicted molar refractivity (Wildman–Crippen MR) is 147 cm³/mol. The highest BCUT2D eigenvalue weighted by Gasteiger charge is 2.40. The lowest BCUT2D eigenvalue weighted by molar-refractivity contribution is -0.0400. The molecule has 4 rings (SSSR count). The Morgan fingerprint density at radius 2 is 1.83 bits per heavy atom. The van der Waals surface area contributed by atoms with Gasteiger partial charge in [-0.3, -0.25) is 0 Å². The van der Waals surface area contributed by atoms with Gasteiger partial charge in [-0.25, -0.2) is 4.39 Å². The van der Waals surface area contributed by atoms with Gasteiger partial charge in [0.25, 0.3) is 0 Å². The quantitative estimate of drug-likeness (QED) is 0.235. The summed E-state index contributed by atoms with van der Waals surface area (Å²) in [5.41, 5.74) is 4.80. The van der Waals surface area contributed by atoms with E-state index in [-0.39, 0.29) is 17.8 Å². The molecule has 5 nitrogen and oxygen atoms in total. The smallest absolute Gasteiger partial charge is 0.154 e. The van der Waals surface area contributed by atoms with Crippen molar-refractivity contribution in [1.29, 1.82) is 0 Å². The lowest BCUT2D eigenvalue weighted by Crippen LogP contribution is -2.42. The van der Waals surface area contributed by atoms with Crippen molar-refractivity contribution in [1.82, 2.24) is 5.32 Å². The monoisotopic (exact) mass is 536 g/mol. The average molecular weight is 538 g/mol. The Hall–Kier alpha value is -2.22. The standard InChI is InChI=1S/C14H22N2O3.C13H10ClF.CH3Cl/c1-2-11(4-3-5-13(17)18)12-10-14(19-16-12)6-8-15-9-7-14;1-9-2-7-12(13(14)8-9)10-3-5-11(15)6-4-10;1-2/h2-4,13,15,17-18H,5-10H2,1H3;2-8H,1H3;1H3/b4-3-,11-2+;;. The molecule has 2 aromatic rings. The Morgan fingerprint density at radius 1 is 1.17 bits per heavy atom. The third kappa shape index (κ3) is 9.02. The second-order valence-corrected chi connectivity index (χ2v) is 9.00. The van der Waals surface area contributed by atoms with Crippen LogP contribution in [0.15, 0.2) is 71.4 Å². The van der Waals surface area contributed by atoms with Gasteiger partial charge in [0.1, 0.15) is 11.4 Å². The van der Waals surface area contributed by atoms with Crippen molar-refractivity contribution < 1.29 is 19.4 Å². The number of piperidine rings is 1. The third-order valence-corrected chi connectivity index (χ3v) is 6.23. The number of benzene rings is 2. The summed E-state index contributed by atoms with van der Waals surface area (Å²) in [4.78, 5) is 5.68. The number of alkyl halides is 1. The fourth-order valence-corrected chi connectivity index (χ4v) is 4.33. The number of oxime groups is 1. The minimum Gasteiger partial charge on any atom is -0.388 e. The van der Waals surface area contributed by atoms with E-state index in [1.807, 2.05) is 44.2 Å². The zero-order valence-electron chi connectivity index (χ0n) is 21.0. The molecular formula is C28H35Cl2FN2O3. The van der Waals surface area contributed by atoms with Gasteiger partial charge < -0.3 is 20.4 Å². The van der Waals surface area contributed by atoms with Crippen molar-refractivity contribution in [2.45, 2.75) is 51.4 Å². The second kappa shape index (κ2) is 15.1. The summed E-state index contributed by atoms with van der Waals surface area (Å²) in [5, 5.41) is 25.9.